The number of aromatic nitrogens is 4. The van der Waals surface area contributed by atoms with Gasteiger partial charge < -0.3 is 8.97 Å². The van der Waals surface area contributed by atoms with E-state index in [1.165, 1.54) is 76.2 Å². The second kappa shape index (κ2) is 10.5. The minimum Gasteiger partial charge on any atom is -0.307 e. The Kier molecular flexibility index (Phi) is 5.67. The van der Waals surface area contributed by atoms with Crippen molar-refractivity contribution in [2.24, 2.45) is 0 Å². The molecule has 53 heavy (non-hydrogen) atoms. The summed E-state index contributed by atoms with van der Waals surface area (Å²) in [5.74, 6) is 0.722. The molecular formula is C49H30N4. The van der Waals surface area contributed by atoms with Gasteiger partial charge in [0.15, 0.2) is 5.82 Å². The molecule has 0 amide bonds. The highest BCUT2D eigenvalue weighted by atomic mass is 15.0. The molecule has 12 rings (SSSR count). The summed E-state index contributed by atoms with van der Waals surface area (Å²) in [6.45, 7) is 2.15. The van der Waals surface area contributed by atoms with E-state index >= 15 is 0 Å². The van der Waals surface area contributed by atoms with E-state index in [0.29, 0.717) is 0 Å². The first-order valence-corrected chi connectivity index (χ1v) is 18.2. The minimum absolute atomic E-state index is 0.722. The highest BCUT2D eigenvalue weighted by Gasteiger charge is 2.25. The number of nitrogens with zero attached hydrogens (tertiary/aromatic N) is 4. The lowest BCUT2D eigenvalue weighted by Crippen LogP contribution is -1.98. The van der Waals surface area contributed by atoms with E-state index < -0.39 is 0 Å². The van der Waals surface area contributed by atoms with E-state index in [4.69, 9.17) is 9.97 Å². The average Bonchev–Trinajstić information content (AvgIpc) is 3.87. The third kappa shape index (κ3) is 3.79. The molecule has 0 unspecified atom stereocenters. The van der Waals surface area contributed by atoms with Crippen molar-refractivity contribution in [3.05, 3.63) is 169 Å². The van der Waals surface area contributed by atoms with Gasteiger partial charge in [0.25, 0.3) is 0 Å². The second-order valence-electron chi connectivity index (χ2n) is 14.2. The number of para-hydroxylation sites is 4. The van der Waals surface area contributed by atoms with E-state index in [2.05, 4.69) is 174 Å². The van der Waals surface area contributed by atoms with Gasteiger partial charge in [-0.25, -0.2) is 9.97 Å². The van der Waals surface area contributed by atoms with Crippen LogP contribution in [0.25, 0.3) is 110 Å². The zero-order chi connectivity index (χ0) is 34.8. The number of benzene rings is 8. The van der Waals surface area contributed by atoms with Crippen LogP contribution in [0, 0.1) is 6.92 Å². The molecule has 0 N–H and O–H groups in total. The fourth-order valence-corrected chi connectivity index (χ4v) is 9.12. The Morgan fingerprint density at radius 1 is 0.415 bits per heavy atom. The smallest absolute Gasteiger partial charge is 0.160 e. The minimum atomic E-state index is 0.722. The lowest BCUT2D eigenvalue weighted by atomic mass is 9.98. The standard InChI is InChI=1S/C49H30N4/c1-29-13-2-3-14-32(29)45-37-18-6-9-22-40(37)50-49(51-45)30-25-27-31(28-26-30)52-42-24-11-8-19-38(42)43-34-16-4-5-17-35(34)44-39-21-12-20-36-33-15-7-10-23-41(33)53(46(36)39)48(44)47(43)52/h2-28H,1H3. The predicted molar refractivity (Wildman–Crippen MR) is 222 cm³/mol. The lowest BCUT2D eigenvalue weighted by Gasteiger charge is -2.13. The van der Waals surface area contributed by atoms with E-state index in [1.807, 2.05) is 6.07 Å². The van der Waals surface area contributed by atoms with Crippen molar-refractivity contribution in [2.45, 2.75) is 6.92 Å². The predicted octanol–water partition coefficient (Wildman–Crippen LogP) is 12.7. The normalized spacial score (nSPS) is 12.2. The van der Waals surface area contributed by atoms with Crippen LogP contribution in [0.4, 0.5) is 0 Å². The van der Waals surface area contributed by atoms with E-state index in [0.717, 1.165) is 39.2 Å². The quantitative estimate of drug-likeness (QED) is 0.187. The van der Waals surface area contributed by atoms with Crippen molar-refractivity contribution in [1.82, 2.24) is 18.9 Å². The van der Waals surface area contributed by atoms with Crippen molar-refractivity contribution in [3.63, 3.8) is 0 Å². The number of aryl methyl sites for hydroxylation is 1. The zero-order valence-electron chi connectivity index (χ0n) is 28.9. The zero-order valence-corrected chi connectivity index (χ0v) is 28.9. The molecule has 8 aromatic carbocycles. The first-order chi connectivity index (χ1) is 26.2. The molecule has 0 aliphatic heterocycles. The van der Waals surface area contributed by atoms with Crippen LogP contribution in [0.5, 0.6) is 0 Å². The average molecular weight is 675 g/mol. The largest absolute Gasteiger partial charge is 0.307 e. The Hall–Kier alpha value is -7.04. The van der Waals surface area contributed by atoms with Crippen molar-refractivity contribution in [1.29, 1.82) is 0 Å². The molecule has 4 heteroatoms. The first-order valence-electron chi connectivity index (χ1n) is 18.2. The summed E-state index contributed by atoms with van der Waals surface area (Å²) >= 11 is 0. The second-order valence-corrected chi connectivity index (χ2v) is 14.2. The Bertz CT molecular complexity index is 3450. The SMILES string of the molecule is Cc1ccccc1-c1nc(-c2ccc(-n3c4ccccc4c4c5ccccc5c5c6cccc7c8ccccc8n(c76)c5c43)cc2)nc2ccccc12. The third-order valence-electron chi connectivity index (χ3n) is 11.4. The highest BCUT2D eigenvalue weighted by molar-refractivity contribution is 6.38. The Morgan fingerprint density at radius 2 is 1.02 bits per heavy atom. The van der Waals surface area contributed by atoms with Crippen LogP contribution in [-0.2, 0) is 0 Å². The number of hydrogen-bond donors (Lipinski definition) is 0. The van der Waals surface area contributed by atoms with Crippen LogP contribution in [0.1, 0.15) is 5.56 Å². The molecule has 0 aliphatic carbocycles. The van der Waals surface area contributed by atoms with Crippen LogP contribution in [0.3, 0.4) is 0 Å². The Labute approximate surface area is 304 Å². The topological polar surface area (TPSA) is 35.1 Å². The van der Waals surface area contributed by atoms with E-state index in [-0.39, 0.29) is 0 Å². The summed E-state index contributed by atoms with van der Waals surface area (Å²) in [5.41, 5.74) is 12.5. The molecule has 0 saturated heterocycles. The van der Waals surface area contributed by atoms with Gasteiger partial charge in [0, 0.05) is 54.5 Å². The maximum atomic E-state index is 5.22. The summed E-state index contributed by atoms with van der Waals surface area (Å²) in [4.78, 5) is 10.3. The number of rotatable bonds is 3. The van der Waals surface area contributed by atoms with Gasteiger partial charge in [-0.3, -0.25) is 0 Å². The van der Waals surface area contributed by atoms with Gasteiger partial charge in [-0.2, -0.15) is 0 Å². The van der Waals surface area contributed by atoms with E-state index in [9.17, 15) is 0 Å². The molecule has 0 aliphatic rings. The summed E-state index contributed by atoms with van der Waals surface area (Å²) in [7, 11) is 0. The van der Waals surface area contributed by atoms with Gasteiger partial charge in [-0.05, 0) is 65.7 Å². The molecule has 4 aromatic heterocycles. The molecule has 4 heterocycles. The van der Waals surface area contributed by atoms with Crippen molar-refractivity contribution < 1.29 is 0 Å². The van der Waals surface area contributed by atoms with Gasteiger partial charge in [0.05, 0.1) is 38.8 Å². The fraction of sp³-hybridized carbons (Fsp3) is 0.0204. The first kappa shape index (κ1) is 28.6. The third-order valence-corrected chi connectivity index (χ3v) is 11.4. The van der Waals surface area contributed by atoms with Crippen LogP contribution in [-0.4, -0.2) is 18.9 Å². The van der Waals surface area contributed by atoms with Crippen LogP contribution in [0.15, 0.2) is 164 Å². The van der Waals surface area contributed by atoms with Crippen molar-refractivity contribution in [3.8, 4) is 28.3 Å². The molecule has 0 radical (unpaired) electrons. The van der Waals surface area contributed by atoms with Crippen LogP contribution >= 0.6 is 0 Å². The number of fused-ring (bicyclic) bond motifs is 14. The Morgan fingerprint density at radius 3 is 1.81 bits per heavy atom. The summed E-state index contributed by atoms with van der Waals surface area (Å²) in [5, 5.41) is 11.3. The van der Waals surface area contributed by atoms with Gasteiger partial charge in [-0.15, -0.1) is 0 Å². The molecule has 246 valence electrons. The highest BCUT2D eigenvalue weighted by Crippen LogP contribution is 2.48. The molecule has 4 nitrogen and oxygen atoms in total. The molecule has 0 atom stereocenters. The molecule has 0 spiro atoms. The van der Waals surface area contributed by atoms with Crippen LogP contribution in [0.2, 0.25) is 0 Å². The monoisotopic (exact) mass is 674 g/mol. The maximum absolute atomic E-state index is 5.22. The van der Waals surface area contributed by atoms with Crippen molar-refractivity contribution in [2.75, 3.05) is 0 Å². The van der Waals surface area contributed by atoms with Gasteiger partial charge in [0.2, 0.25) is 0 Å². The molecule has 0 fully saturated rings. The fourth-order valence-electron chi connectivity index (χ4n) is 9.12. The lowest BCUT2D eigenvalue weighted by molar-refractivity contribution is 1.17. The van der Waals surface area contributed by atoms with Crippen molar-refractivity contribution >= 4 is 81.6 Å². The van der Waals surface area contributed by atoms with Gasteiger partial charge >= 0.3 is 0 Å². The maximum Gasteiger partial charge on any atom is 0.160 e. The Balaban J connectivity index is 1.18. The van der Waals surface area contributed by atoms with E-state index in [1.54, 1.807) is 0 Å². The molecular weight excluding hydrogens is 645 g/mol. The molecule has 0 saturated carbocycles. The summed E-state index contributed by atoms with van der Waals surface area (Å²) in [6, 6.07) is 59.1. The summed E-state index contributed by atoms with van der Waals surface area (Å²) < 4.78 is 5.01. The number of hydrogen-bond acceptors (Lipinski definition) is 2. The molecule has 0 bridgehead atoms. The van der Waals surface area contributed by atoms with Gasteiger partial charge in [-0.1, -0.05) is 121 Å². The summed E-state index contributed by atoms with van der Waals surface area (Å²) in [6.07, 6.45) is 0. The molecule has 12 aromatic rings. The van der Waals surface area contributed by atoms with Crippen LogP contribution < -0.4 is 0 Å². The van der Waals surface area contributed by atoms with Gasteiger partial charge in [0.1, 0.15) is 0 Å².